The van der Waals surface area contributed by atoms with E-state index in [-0.39, 0.29) is 12.5 Å². The van der Waals surface area contributed by atoms with Gasteiger partial charge in [0, 0.05) is 12.4 Å². The summed E-state index contributed by atoms with van der Waals surface area (Å²) >= 11 is 3.26. The summed E-state index contributed by atoms with van der Waals surface area (Å²) in [6.45, 7) is 6.58. The van der Waals surface area contributed by atoms with Crippen molar-refractivity contribution in [3.8, 4) is 0 Å². The molecule has 1 N–H and O–H groups in total. The number of hydrogen-bond acceptors (Lipinski definition) is 5. The van der Waals surface area contributed by atoms with Crippen molar-refractivity contribution >= 4 is 21.9 Å². The molecule has 5 nitrogen and oxygen atoms in total. The normalized spacial score (nSPS) is 11.3. The quantitative estimate of drug-likeness (QED) is 0.642. The van der Waals surface area contributed by atoms with Crippen LogP contribution in [-0.4, -0.2) is 29.0 Å². The molecule has 0 saturated carbocycles. The molecule has 6 heteroatoms. The Morgan fingerprint density at radius 3 is 2.61 bits per heavy atom. The first-order valence-electron chi connectivity index (χ1n) is 5.86. The van der Waals surface area contributed by atoms with Crippen molar-refractivity contribution < 1.29 is 9.53 Å². The highest BCUT2D eigenvalue weighted by Gasteiger charge is 2.28. The first-order valence-corrected chi connectivity index (χ1v) is 6.65. The average molecular weight is 316 g/mol. The average Bonchev–Trinajstić information content (AvgIpc) is 2.29. The van der Waals surface area contributed by atoms with E-state index in [2.05, 4.69) is 31.2 Å². The van der Waals surface area contributed by atoms with Crippen LogP contribution < -0.4 is 5.32 Å². The van der Waals surface area contributed by atoms with Crippen molar-refractivity contribution in [2.24, 2.45) is 0 Å². The maximum Gasteiger partial charge on any atom is 0.320 e. The van der Waals surface area contributed by atoms with Crippen LogP contribution >= 0.6 is 15.9 Å². The molecule has 0 saturated heterocycles. The minimum Gasteiger partial charge on any atom is -0.450 e. The van der Waals surface area contributed by atoms with Crippen LogP contribution in [0.4, 0.5) is 0 Å². The van der Waals surface area contributed by atoms with E-state index in [9.17, 15) is 4.79 Å². The highest BCUT2D eigenvalue weighted by atomic mass is 79.9. The van der Waals surface area contributed by atoms with Gasteiger partial charge in [-0.05, 0) is 42.7 Å². The minimum absolute atomic E-state index is 0.202. The first kappa shape index (κ1) is 15.0. The predicted molar refractivity (Wildman–Crippen MR) is 72.0 cm³/mol. The van der Waals surface area contributed by atoms with E-state index in [1.54, 1.807) is 26.2 Å². The number of aromatic nitrogens is 2. The fourth-order valence-corrected chi connectivity index (χ4v) is 1.56. The number of nitrogens with one attached hydrogen (secondary N) is 1. The lowest BCUT2D eigenvalue weighted by atomic mass is 10.1. The van der Waals surface area contributed by atoms with Crippen LogP contribution in [-0.2, 0) is 15.1 Å². The molecule has 0 aromatic carbocycles. The van der Waals surface area contributed by atoms with Gasteiger partial charge in [0.05, 0.1) is 11.0 Å². The summed E-state index contributed by atoms with van der Waals surface area (Å²) in [6, 6.07) is 0. The number of nitrogens with zero attached hydrogens (tertiary/aromatic N) is 2. The first-order chi connectivity index (χ1) is 8.45. The van der Waals surface area contributed by atoms with E-state index >= 15 is 0 Å². The van der Waals surface area contributed by atoms with Crippen molar-refractivity contribution in [2.45, 2.75) is 32.8 Å². The van der Waals surface area contributed by atoms with Gasteiger partial charge < -0.3 is 10.1 Å². The zero-order chi connectivity index (χ0) is 13.6. The molecule has 0 bridgehead atoms. The van der Waals surface area contributed by atoms with Crippen LogP contribution in [0.15, 0.2) is 16.9 Å². The van der Waals surface area contributed by atoms with E-state index in [1.165, 1.54) is 0 Å². The molecule has 0 spiro atoms. The summed E-state index contributed by atoms with van der Waals surface area (Å²) in [7, 11) is 0. The van der Waals surface area contributed by atoms with Crippen molar-refractivity contribution in [3.63, 3.8) is 0 Å². The standard InChI is InChI=1S/C12H18BrN3O2/c1-4-5-14-8-10(17)18-12(2,3)11-15-6-9(13)7-16-11/h6-7,14H,4-5,8H2,1-3H3. The third-order valence-corrected chi connectivity index (χ3v) is 2.63. The van der Waals surface area contributed by atoms with Crippen LogP contribution in [0.3, 0.4) is 0 Å². The monoisotopic (exact) mass is 315 g/mol. The van der Waals surface area contributed by atoms with E-state index in [0.29, 0.717) is 5.82 Å². The van der Waals surface area contributed by atoms with E-state index in [4.69, 9.17) is 4.74 Å². The Balaban J connectivity index is 2.58. The van der Waals surface area contributed by atoms with Crippen LogP contribution in [0.2, 0.25) is 0 Å². The minimum atomic E-state index is -0.828. The summed E-state index contributed by atoms with van der Waals surface area (Å²) in [4.78, 5) is 19.9. The molecule has 0 aliphatic heterocycles. The molecule has 1 aromatic heterocycles. The van der Waals surface area contributed by atoms with Crippen molar-refractivity contribution in [3.05, 3.63) is 22.7 Å². The number of rotatable bonds is 6. The Morgan fingerprint density at radius 1 is 1.44 bits per heavy atom. The highest BCUT2D eigenvalue weighted by Crippen LogP contribution is 2.21. The zero-order valence-electron chi connectivity index (χ0n) is 10.9. The molecule has 0 unspecified atom stereocenters. The van der Waals surface area contributed by atoms with Gasteiger partial charge in [-0.25, -0.2) is 9.97 Å². The Labute approximate surface area is 115 Å². The smallest absolute Gasteiger partial charge is 0.320 e. The maximum absolute atomic E-state index is 11.6. The Hall–Kier alpha value is -1.01. The van der Waals surface area contributed by atoms with Gasteiger partial charge in [0.2, 0.25) is 0 Å². The van der Waals surface area contributed by atoms with Gasteiger partial charge in [0.1, 0.15) is 0 Å². The molecule has 0 fully saturated rings. The third kappa shape index (κ3) is 4.70. The molecule has 100 valence electrons. The van der Waals surface area contributed by atoms with Crippen LogP contribution in [0.5, 0.6) is 0 Å². The van der Waals surface area contributed by atoms with Crippen molar-refractivity contribution in [1.82, 2.24) is 15.3 Å². The second kappa shape index (κ2) is 6.80. The second-order valence-corrected chi connectivity index (χ2v) is 5.30. The van der Waals surface area contributed by atoms with E-state index in [0.717, 1.165) is 17.4 Å². The summed E-state index contributed by atoms with van der Waals surface area (Å²) in [5.41, 5.74) is -0.828. The van der Waals surface area contributed by atoms with Crippen molar-refractivity contribution in [2.75, 3.05) is 13.1 Å². The fourth-order valence-electron chi connectivity index (χ4n) is 1.36. The number of carbonyl (C=O) groups excluding carboxylic acids is 1. The molecule has 0 amide bonds. The van der Waals surface area contributed by atoms with Gasteiger partial charge in [-0.2, -0.15) is 0 Å². The zero-order valence-corrected chi connectivity index (χ0v) is 12.5. The van der Waals surface area contributed by atoms with Gasteiger partial charge in [-0.1, -0.05) is 6.92 Å². The van der Waals surface area contributed by atoms with Gasteiger partial charge in [0.25, 0.3) is 0 Å². The van der Waals surface area contributed by atoms with Gasteiger partial charge in [0.15, 0.2) is 11.4 Å². The number of carbonyl (C=O) groups is 1. The Bertz CT molecular complexity index is 393. The van der Waals surface area contributed by atoms with E-state index in [1.807, 2.05) is 6.92 Å². The summed E-state index contributed by atoms with van der Waals surface area (Å²) < 4.78 is 6.16. The Kier molecular flexibility index (Phi) is 5.68. The van der Waals surface area contributed by atoms with Crippen LogP contribution in [0, 0.1) is 0 Å². The predicted octanol–water partition coefficient (Wildman–Crippen LogP) is 2.02. The molecule has 18 heavy (non-hydrogen) atoms. The lowest BCUT2D eigenvalue weighted by Gasteiger charge is -2.23. The maximum atomic E-state index is 11.6. The molecule has 1 aromatic rings. The molecular weight excluding hydrogens is 298 g/mol. The summed E-state index contributed by atoms with van der Waals surface area (Å²) in [5.74, 6) is 0.175. The van der Waals surface area contributed by atoms with Gasteiger partial charge >= 0.3 is 5.97 Å². The molecule has 0 radical (unpaired) electrons. The lowest BCUT2D eigenvalue weighted by molar-refractivity contribution is -0.157. The molecule has 0 atom stereocenters. The molecule has 0 aliphatic rings. The van der Waals surface area contributed by atoms with Gasteiger partial charge in [-0.3, -0.25) is 4.79 Å². The lowest BCUT2D eigenvalue weighted by Crippen LogP contribution is -2.33. The fraction of sp³-hybridized carbons (Fsp3) is 0.583. The largest absolute Gasteiger partial charge is 0.450 e. The van der Waals surface area contributed by atoms with Crippen molar-refractivity contribution in [1.29, 1.82) is 0 Å². The third-order valence-electron chi connectivity index (χ3n) is 2.22. The second-order valence-electron chi connectivity index (χ2n) is 4.39. The summed E-state index contributed by atoms with van der Waals surface area (Å²) in [6.07, 6.45) is 4.24. The summed E-state index contributed by atoms with van der Waals surface area (Å²) in [5, 5.41) is 3.00. The van der Waals surface area contributed by atoms with Crippen LogP contribution in [0.1, 0.15) is 33.0 Å². The SMILES string of the molecule is CCCNCC(=O)OC(C)(C)c1ncc(Br)cn1. The van der Waals surface area contributed by atoms with Gasteiger partial charge in [-0.15, -0.1) is 0 Å². The molecule has 1 rings (SSSR count). The number of esters is 1. The molecule has 0 aliphatic carbocycles. The number of ether oxygens (including phenoxy) is 1. The highest BCUT2D eigenvalue weighted by molar-refractivity contribution is 9.10. The van der Waals surface area contributed by atoms with Crippen LogP contribution in [0.25, 0.3) is 0 Å². The molecule has 1 heterocycles. The number of halogens is 1. The Morgan fingerprint density at radius 2 is 2.06 bits per heavy atom. The number of hydrogen-bond donors (Lipinski definition) is 1. The van der Waals surface area contributed by atoms with E-state index < -0.39 is 5.60 Å². The topological polar surface area (TPSA) is 64.1 Å². The molecular formula is C12H18BrN3O2.